The molecule has 0 spiro atoms. The maximum Gasteiger partial charge on any atom is 0.317 e. The molecule has 0 radical (unpaired) electrons. The van der Waals surface area contributed by atoms with Crippen LogP contribution in [-0.2, 0) is 6.54 Å². The van der Waals surface area contributed by atoms with Crippen molar-refractivity contribution in [3.63, 3.8) is 0 Å². The number of pyridine rings is 1. The monoisotopic (exact) mass is 279 g/mol. The van der Waals surface area contributed by atoms with Gasteiger partial charge in [0.15, 0.2) is 0 Å². The van der Waals surface area contributed by atoms with E-state index in [1.165, 1.54) is 6.42 Å². The molecule has 19 heavy (non-hydrogen) atoms. The van der Waals surface area contributed by atoms with Gasteiger partial charge in [-0.05, 0) is 43.2 Å². The normalized spacial score (nSPS) is 22.2. The maximum absolute atomic E-state index is 12.1. The van der Waals surface area contributed by atoms with E-state index in [0.29, 0.717) is 17.8 Å². The van der Waals surface area contributed by atoms with Crippen LogP contribution in [0.5, 0.6) is 0 Å². The standard InChI is InChI=1S/C14H21N3OS/c1-17(10-11-5-7-15-8-6-11)14(18)16-12-3-4-13(9-12)19-2/h5-8,12-13H,3-4,9-10H2,1-2H3,(H,16,18)/t12-,13-/m0/s1. The Labute approximate surface area is 119 Å². The zero-order chi connectivity index (χ0) is 13.7. The van der Waals surface area contributed by atoms with Crippen LogP contribution in [0.3, 0.4) is 0 Å². The van der Waals surface area contributed by atoms with Crippen molar-refractivity contribution >= 4 is 17.8 Å². The molecule has 2 atom stereocenters. The van der Waals surface area contributed by atoms with Gasteiger partial charge in [0.1, 0.15) is 0 Å². The molecule has 4 nitrogen and oxygen atoms in total. The summed E-state index contributed by atoms with van der Waals surface area (Å²) in [7, 11) is 1.83. The average molecular weight is 279 g/mol. The number of carbonyl (C=O) groups is 1. The lowest BCUT2D eigenvalue weighted by Crippen LogP contribution is -2.41. The van der Waals surface area contributed by atoms with Crippen LogP contribution < -0.4 is 5.32 Å². The van der Waals surface area contributed by atoms with Gasteiger partial charge in [0.25, 0.3) is 0 Å². The van der Waals surface area contributed by atoms with Gasteiger partial charge in [0, 0.05) is 37.3 Å². The highest BCUT2D eigenvalue weighted by Crippen LogP contribution is 2.28. The van der Waals surface area contributed by atoms with Crippen LogP contribution in [0.15, 0.2) is 24.5 Å². The number of rotatable bonds is 4. The van der Waals surface area contributed by atoms with Gasteiger partial charge in [-0.25, -0.2) is 4.79 Å². The quantitative estimate of drug-likeness (QED) is 0.921. The number of amides is 2. The van der Waals surface area contributed by atoms with Crippen molar-refractivity contribution < 1.29 is 4.79 Å². The molecule has 1 aromatic heterocycles. The first kappa shape index (κ1) is 14.2. The van der Waals surface area contributed by atoms with Gasteiger partial charge >= 0.3 is 6.03 Å². The highest BCUT2D eigenvalue weighted by Gasteiger charge is 2.25. The van der Waals surface area contributed by atoms with E-state index in [0.717, 1.165) is 18.4 Å². The Morgan fingerprint density at radius 3 is 2.84 bits per heavy atom. The van der Waals surface area contributed by atoms with Crippen LogP contribution >= 0.6 is 11.8 Å². The molecule has 2 amide bonds. The zero-order valence-electron chi connectivity index (χ0n) is 11.5. The molecule has 1 N–H and O–H groups in total. The lowest BCUT2D eigenvalue weighted by molar-refractivity contribution is 0.203. The first-order valence-corrected chi connectivity index (χ1v) is 7.91. The second-order valence-electron chi connectivity index (χ2n) is 5.03. The Bertz CT molecular complexity index is 412. The second-order valence-corrected chi connectivity index (χ2v) is 6.17. The average Bonchev–Trinajstić information content (AvgIpc) is 2.87. The predicted molar refractivity (Wildman–Crippen MR) is 79.2 cm³/mol. The van der Waals surface area contributed by atoms with Crippen LogP contribution in [0.1, 0.15) is 24.8 Å². The smallest absolute Gasteiger partial charge is 0.317 e. The van der Waals surface area contributed by atoms with E-state index in [9.17, 15) is 4.79 Å². The summed E-state index contributed by atoms with van der Waals surface area (Å²) in [6, 6.07) is 4.22. The molecular weight excluding hydrogens is 258 g/mol. The van der Waals surface area contributed by atoms with Crippen LogP contribution in [0, 0.1) is 0 Å². The first-order valence-electron chi connectivity index (χ1n) is 6.62. The van der Waals surface area contributed by atoms with Crippen LogP contribution in [-0.4, -0.2) is 40.5 Å². The van der Waals surface area contributed by atoms with E-state index in [1.54, 1.807) is 17.3 Å². The van der Waals surface area contributed by atoms with Crippen molar-refractivity contribution in [1.82, 2.24) is 15.2 Å². The molecule has 104 valence electrons. The van der Waals surface area contributed by atoms with Crippen LogP contribution in [0.25, 0.3) is 0 Å². The zero-order valence-corrected chi connectivity index (χ0v) is 12.3. The molecule has 0 aliphatic heterocycles. The topological polar surface area (TPSA) is 45.2 Å². The number of urea groups is 1. The van der Waals surface area contributed by atoms with Gasteiger partial charge in [-0.15, -0.1) is 0 Å². The number of thioether (sulfide) groups is 1. The van der Waals surface area contributed by atoms with E-state index in [2.05, 4.69) is 16.6 Å². The molecule has 0 unspecified atom stereocenters. The third kappa shape index (κ3) is 4.13. The fourth-order valence-electron chi connectivity index (χ4n) is 2.40. The second kappa shape index (κ2) is 6.80. The molecule has 0 saturated heterocycles. The predicted octanol–water partition coefficient (Wildman–Crippen LogP) is 2.51. The Hall–Kier alpha value is -1.23. The largest absolute Gasteiger partial charge is 0.335 e. The fraction of sp³-hybridized carbons (Fsp3) is 0.571. The number of carbonyl (C=O) groups excluding carboxylic acids is 1. The lowest BCUT2D eigenvalue weighted by atomic mass is 10.2. The van der Waals surface area contributed by atoms with E-state index in [-0.39, 0.29) is 6.03 Å². The van der Waals surface area contributed by atoms with Crippen LogP contribution in [0.4, 0.5) is 4.79 Å². The van der Waals surface area contributed by atoms with Crippen molar-refractivity contribution in [1.29, 1.82) is 0 Å². The van der Waals surface area contributed by atoms with Gasteiger partial charge in [-0.1, -0.05) is 0 Å². The number of hydrogen-bond donors (Lipinski definition) is 1. The molecule has 5 heteroatoms. The minimum Gasteiger partial charge on any atom is -0.335 e. The fourth-order valence-corrected chi connectivity index (χ4v) is 3.20. The van der Waals surface area contributed by atoms with Crippen molar-refractivity contribution in [2.75, 3.05) is 13.3 Å². The summed E-state index contributed by atoms with van der Waals surface area (Å²) in [5, 5.41) is 3.83. The third-order valence-corrected chi connectivity index (χ3v) is 4.66. The van der Waals surface area contributed by atoms with Crippen molar-refractivity contribution in [3.8, 4) is 0 Å². The van der Waals surface area contributed by atoms with Gasteiger partial charge < -0.3 is 10.2 Å². The summed E-state index contributed by atoms with van der Waals surface area (Å²) in [5.41, 5.74) is 1.10. The summed E-state index contributed by atoms with van der Waals surface area (Å²) in [6.07, 6.45) is 9.04. The molecule has 0 bridgehead atoms. The Kier molecular flexibility index (Phi) is 5.07. The number of nitrogens with one attached hydrogen (secondary N) is 1. The lowest BCUT2D eigenvalue weighted by Gasteiger charge is -2.21. The van der Waals surface area contributed by atoms with Gasteiger partial charge in [-0.3, -0.25) is 4.98 Å². The van der Waals surface area contributed by atoms with Gasteiger partial charge in [0.2, 0.25) is 0 Å². The molecule has 0 aromatic carbocycles. The number of aromatic nitrogens is 1. The van der Waals surface area contributed by atoms with E-state index in [4.69, 9.17) is 0 Å². The van der Waals surface area contributed by atoms with Crippen molar-refractivity contribution in [2.45, 2.75) is 37.1 Å². The summed E-state index contributed by atoms with van der Waals surface area (Å²) in [5.74, 6) is 0. The van der Waals surface area contributed by atoms with Gasteiger partial charge in [-0.2, -0.15) is 11.8 Å². The Balaban J connectivity index is 1.80. The molecule has 1 fully saturated rings. The molecule has 1 heterocycles. The maximum atomic E-state index is 12.1. The van der Waals surface area contributed by atoms with E-state index >= 15 is 0 Å². The number of nitrogens with zero attached hydrogens (tertiary/aromatic N) is 2. The third-order valence-electron chi connectivity index (χ3n) is 3.56. The first-order chi connectivity index (χ1) is 9.19. The van der Waals surface area contributed by atoms with Crippen molar-refractivity contribution in [3.05, 3.63) is 30.1 Å². The molecule has 1 saturated carbocycles. The van der Waals surface area contributed by atoms with E-state index < -0.39 is 0 Å². The molecule has 1 aliphatic carbocycles. The minimum atomic E-state index is 0.0172. The highest BCUT2D eigenvalue weighted by atomic mass is 32.2. The van der Waals surface area contributed by atoms with Crippen molar-refractivity contribution in [2.24, 2.45) is 0 Å². The van der Waals surface area contributed by atoms with E-state index in [1.807, 2.05) is 30.9 Å². The summed E-state index contributed by atoms with van der Waals surface area (Å²) in [6.45, 7) is 0.618. The molecular formula is C14H21N3OS. The number of hydrogen-bond acceptors (Lipinski definition) is 3. The summed E-state index contributed by atoms with van der Waals surface area (Å²) in [4.78, 5) is 17.8. The molecule has 1 aromatic rings. The molecule has 2 rings (SSSR count). The minimum absolute atomic E-state index is 0.0172. The van der Waals surface area contributed by atoms with Crippen LogP contribution in [0.2, 0.25) is 0 Å². The SMILES string of the molecule is CS[C@H]1CC[C@H](NC(=O)N(C)Cc2ccncc2)C1. The highest BCUT2D eigenvalue weighted by molar-refractivity contribution is 7.99. The molecule has 1 aliphatic rings. The summed E-state index contributed by atoms with van der Waals surface area (Å²) >= 11 is 1.90. The Morgan fingerprint density at radius 1 is 1.47 bits per heavy atom. The summed E-state index contributed by atoms with van der Waals surface area (Å²) < 4.78 is 0. The Morgan fingerprint density at radius 2 is 2.21 bits per heavy atom. The van der Waals surface area contributed by atoms with Gasteiger partial charge in [0.05, 0.1) is 0 Å².